The first-order chi connectivity index (χ1) is 17.2. The second kappa shape index (κ2) is 18.3. The topological polar surface area (TPSA) is 0 Å². The molecule has 0 saturated heterocycles. The van der Waals surface area contributed by atoms with Crippen molar-refractivity contribution in [3.63, 3.8) is 0 Å². The van der Waals surface area contributed by atoms with Gasteiger partial charge in [-0.3, -0.25) is 0 Å². The average Bonchev–Trinajstić information content (AvgIpc) is 2.67. The molecule has 0 heterocycles. The molecule has 38 heteroatoms. The average molecular weight is 411 g/mol. The van der Waals surface area contributed by atoms with Crippen LogP contribution in [0.3, 0.4) is 0 Å². The van der Waals surface area contributed by atoms with E-state index in [1.807, 2.05) is 0 Å². The van der Waals surface area contributed by atoms with Crippen molar-refractivity contribution in [2.45, 2.75) is 0 Å². The summed E-state index contributed by atoms with van der Waals surface area (Å²) < 4.78 is 0. The fourth-order valence-electron chi connectivity index (χ4n) is 6.16. The van der Waals surface area contributed by atoms with Crippen molar-refractivity contribution in [2.24, 2.45) is 0 Å². The monoisotopic (exact) mass is 418 g/mol. The predicted molar refractivity (Wildman–Crippen MR) is 219 cm³/mol. The third-order valence-electron chi connectivity index (χ3n) is 7.56. The Kier molecular flexibility index (Phi) is 19.5. The molecular weight excluding hydrogens is 411 g/mol. The second-order valence-corrected chi connectivity index (χ2v) is 10.4. The minimum Gasteiger partial charge on any atom is -0.729 e. The quantitative estimate of drug-likeness (QED) is 0.209. The zero-order chi connectivity index (χ0) is 30.4. The van der Waals surface area contributed by atoms with Crippen molar-refractivity contribution in [3.05, 3.63) is 0 Å². The van der Waals surface area contributed by atoms with Crippen LogP contribution in [0.1, 0.15) is 0 Å². The van der Waals surface area contributed by atoms with Gasteiger partial charge < -0.3 is 29.6 Å². The van der Waals surface area contributed by atoms with E-state index in [9.17, 15) is 0 Å². The summed E-state index contributed by atoms with van der Waals surface area (Å²) in [6.07, 6.45) is -20.0. The third-order valence-corrected chi connectivity index (χ3v) is 7.56. The smallest absolute Gasteiger partial charge is 0.000000000000247 e. The first-order valence-corrected chi connectivity index (χ1v) is 12.3. The standard InChI is InChI=1S/B38/c1-21(2)31(22(3)4)36(32(23(5)6)24(7)8)38(35(29(17)18)30(19)20)37(33(25(9)10)26(11)12)34(27(13)14)28(15)16/q-3. The van der Waals surface area contributed by atoms with Crippen LogP contribution in [-0.4, -0.2) is 270 Å². The van der Waals surface area contributed by atoms with Crippen molar-refractivity contribution in [2.75, 3.05) is 0 Å². The maximum Gasteiger partial charge on any atom is -0.000000000000247 e. The van der Waals surface area contributed by atoms with E-state index >= 15 is 0 Å². The van der Waals surface area contributed by atoms with Crippen molar-refractivity contribution in [1.29, 1.82) is 0 Å². The van der Waals surface area contributed by atoms with Gasteiger partial charge in [0.15, 0.2) is 0 Å². The van der Waals surface area contributed by atoms with Crippen molar-refractivity contribution in [1.82, 2.24) is 0 Å². The maximum atomic E-state index is 6.24. The lowest BCUT2D eigenvalue weighted by Crippen LogP contribution is -2.92. The first kappa shape index (κ1) is 40.5. The van der Waals surface area contributed by atoms with Crippen LogP contribution in [0.5, 0.6) is 0 Å². The van der Waals surface area contributed by atoms with Crippen LogP contribution in [0, 0.1) is 0 Å². The highest BCUT2D eigenvalue weighted by Crippen LogP contribution is 2.18. The van der Waals surface area contributed by atoms with Crippen LogP contribution in [0.15, 0.2) is 0 Å². The molecule has 117 valence electrons. The van der Waals surface area contributed by atoms with E-state index in [-0.39, 0.29) is 0 Å². The molecule has 0 atom stereocenters. The lowest BCUT2D eigenvalue weighted by atomic mass is 8.28. The minimum absolute atomic E-state index is 1.01. The molecule has 0 saturated carbocycles. The fourth-order valence-corrected chi connectivity index (χ4v) is 6.16. The molecule has 0 unspecified atom stereocenters. The lowest BCUT2D eigenvalue weighted by molar-refractivity contribution is 3.22. The highest BCUT2D eigenvalue weighted by molar-refractivity contribution is 8.31. The fraction of sp³-hybridized carbons (Fsp3) is 0. The number of hydrogen-bond acceptors (Lipinski definition) is 0. The molecule has 0 nitrogen and oxygen atoms in total. The molecule has 0 rings (SSSR count). The molecular formula is B38-3. The summed E-state index contributed by atoms with van der Waals surface area (Å²) in [4.78, 5) is 0. The number of rotatable bonds is 17. The van der Waals surface area contributed by atoms with Crippen LogP contribution < -0.4 is 0 Å². The third kappa shape index (κ3) is 10.9. The molecule has 0 aliphatic rings. The summed E-state index contributed by atoms with van der Waals surface area (Å²) in [7, 11) is 124. The Bertz CT molecular complexity index is 478. The van der Waals surface area contributed by atoms with Gasteiger partial charge in [0.2, 0.25) is 0 Å². The summed E-state index contributed by atoms with van der Waals surface area (Å²) >= 11 is 0. The molecule has 0 aromatic carbocycles. The second-order valence-electron chi connectivity index (χ2n) is 10.4. The highest BCUT2D eigenvalue weighted by atomic mass is 13.4. The van der Waals surface area contributed by atoms with E-state index in [0.717, 1.165) is 0 Å². The largest absolute Gasteiger partial charge is 0.729 e. The van der Waals surface area contributed by atoms with Gasteiger partial charge in [0.1, 0.15) is 0 Å². The van der Waals surface area contributed by atoms with Crippen molar-refractivity contribution in [3.8, 4) is 0 Å². The van der Waals surface area contributed by atoms with E-state index < -0.39 is 115 Å². The summed E-state index contributed by atoms with van der Waals surface area (Å²) in [6.45, 7) is 0. The van der Waals surface area contributed by atoms with Gasteiger partial charge in [0.05, 0.1) is 0 Å². The molecule has 38 heavy (non-hydrogen) atoms. The Labute approximate surface area is 268 Å². The van der Waals surface area contributed by atoms with E-state index in [1.54, 1.807) is 0 Å². The Balaban J connectivity index is 8.12. The van der Waals surface area contributed by atoms with E-state index in [1.165, 1.54) is 0 Å². The molecule has 0 aromatic heterocycles. The first-order valence-electron chi connectivity index (χ1n) is 12.3. The molecule has 0 amide bonds. The van der Waals surface area contributed by atoms with Crippen LogP contribution in [-0.2, 0) is 0 Å². The Morgan fingerprint density at radius 3 is 0.526 bits per heavy atom. The van der Waals surface area contributed by atoms with Crippen molar-refractivity contribution >= 4 is 270 Å². The maximum absolute atomic E-state index is 6.24. The van der Waals surface area contributed by atoms with Gasteiger partial charge in [0, 0.05) is 0 Å². The number of hydrogen-bond donors (Lipinski definition) is 0. The van der Waals surface area contributed by atoms with Gasteiger partial charge in [-0.2, -0.15) is 0 Å². The lowest BCUT2D eigenvalue weighted by Gasteiger charge is -2.61. The van der Waals surface area contributed by atoms with Gasteiger partial charge in [-0.1, -0.05) is 0 Å². The summed E-state index contributed by atoms with van der Waals surface area (Å²) in [5.74, 6) is 0. The van der Waals surface area contributed by atoms with E-state index in [2.05, 4.69) is 0 Å². The van der Waals surface area contributed by atoms with Gasteiger partial charge in [-0.25, -0.2) is 6.39 Å². The van der Waals surface area contributed by atoms with Crippen LogP contribution in [0.25, 0.3) is 0 Å². The highest BCUT2D eigenvalue weighted by Gasteiger charge is 2.54. The molecule has 0 N–H and O–H groups in total. The van der Waals surface area contributed by atoms with Gasteiger partial charge in [-0.15, -0.1) is 6.39 Å². The molecule has 0 aliphatic carbocycles. The van der Waals surface area contributed by atoms with Crippen LogP contribution in [0.4, 0.5) is 0 Å². The van der Waals surface area contributed by atoms with Crippen LogP contribution >= 0.6 is 0 Å². The molecule has 43 radical (unpaired) electrons. The molecule has 0 bridgehead atoms. The summed E-state index contributed by atoms with van der Waals surface area (Å²) in [6, 6.07) is 0. The van der Waals surface area contributed by atoms with Gasteiger partial charge in [-0.05, 0) is 227 Å². The zero-order valence-corrected chi connectivity index (χ0v) is 21.9. The van der Waals surface area contributed by atoms with E-state index in [4.69, 9.17) is 155 Å². The predicted octanol–water partition coefficient (Wildman–Crippen LogP) is -14.5. The molecule has 0 aromatic rings. The minimum atomic E-state index is -1.20. The Hall–Kier alpha value is 2.47. The molecule has 0 aliphatic heterocycles. The zero-order valence-electron chi connectivity index (χ0n) is 21.9. The molecule has 0 fully saturated rings. The molecule has 0 spiro atoms. The van der Waals surface area contributed by atoms with Gasteiger partial charge >= 0.3 is 0 Å². The van der Waals surface area contributed by atoms with Crippen LogP contribution in [0.2, 0.25) is 0 Å². The van der Waals surface area contributed by atoms with E-state index in [0.29, 0.717) is 0 Å². The van der Waals surface area contributed by atoms with Crippen molar-refractivity contribution < 1.29 is 0 Å². The SMILES string of the molecule is [B]B([B])B(B([B])[B])B(B(B([B])[B])B([B])[B])B(B(B([B])[B])B([B])[B])B(B(B([B])[B])B([B])[B])B(B([B])[B-])B([B-])[B-]. The summed E-state index contributed by atoms with van der Waals surface area (Å²) in [5, 5.41) is 0. The summed E-state index contributed by atoms with van der Waals surface area (Å²) in [5.41, 5.74) is 0. The Morgan fingerprint density at radius 1 is 0.237 bits per heavy atom. The Morgan fingerprint density at radius 2 is 0.395 bits per heavy atom. The van der Waals surface area contributed by atoms with Gasteiger partial charge in [0.25, 0.3) is 0 Å². The normalized spacial score (nSPS) is 9.66.